The van der Waals surface area contributed by atoms with E-state index in [1.54, 1.807) is 12.1 Å². The van der Waals surface area contributed by atoms with Crippen LogP contribution >= 0.6 is 0 Å². The highest BCUT2D eigenvalue weighted by Crippen LogP contribution is 2.23. The minimum Gasteiger partial charge on any atom is -0.412 e. The standard InChI is InChI=1S/C22H25N5O5S/c1-26(2)18-7-3-16(4-8-18)15-23-20(28)22-25-24-21(32-22)17-5-9-19(10-6-17)33(29,30)27-11-13-31-14-12-27/h3-10H,11-15H2,1-2H3,(H,23,28). The van der Waals surface area contributed by atoms with Crippen LogP contribution in [0.25, 0.3) is 11.5 Å². The molecule has 1 fully saturated rings. The Morgan fingerprint density at radius 3 is 2.33 bits per heavy atom. The molecule has 4 rings (SSSR count). The Bertz CT molecular complexity index is 1200. The Morgan fingerprint density at radius 1 is 1.03 bits per heavy atom. The van der Waals surface area contributed by atoms with Gasteiger partial charge in [0.25, 0.3) is 0 Å². The zero-order chi connectivity index (χ0) is 23.4. The van der Waals surface area contributed by atoms with Crippen LogP contribution < -0.4 is 10.2 Å². The number of nitrogens with zero attached hydrogens (tertiary/aromatic N) is 4. The Morgan fingerprint density at radius 2 is 1.70 bits per heavy atom. The van der Waals surface area contributed by atoms with E-state index in [-0.39, 0.29) is 16.7 Å². The van der Waals surface area contributed by atoms with Crippen molar-refractivity contribution < 1.29 is 22.4 Å². The molecule has 2 aromatic carbocycles. The zero-order valence-electron chi connectivity index (χ0n) is 18.4. The van der Waals surface area contributed by atoms with Gasteiger partial charge in [-0.25, -0.2) is 8.42 Å². The maximum atomic E-state index is 12.7. The van der Waals surface area contributed by atoms with Crippen molar-refractivity contribution in [3.63, 3.8) is 0 Å². The number of anilines is 1. The smallest absolute Gasteiger partial charge is 0.309 e. The Hall–Kier alpha value is -3.28. The summed E-state index contributed by atoms with van der Waals surface area (Å²) < 4.78 is 37.6. The van der Waals surface area contributed by atoms with Crippen LogP contribution in [-0.2, 0) is 21.3 Å². The van der Waals surface area contributed by atoms with Gasteiger partial charge in [0.05, 0.1) is 18.1 Å². The summed E-state index contributed by atoms with van der Waals surface area (Å²) in [5, 5.41) is 10.5. The van der Waals surface area contributed by atoms with Crippen molar-refractivity contribution in [2.75, 3.05) is 45.3 Å². The van der Waals surface area contributed by atoms with Crippen LogP contribution in [-0.4, -0.2) is 69.2 Å². The van der Waals surface area contributed by atoms with E-state index in [9.17, 15) is 13.2 Å². The van der Waals surface area contributed by atoms with Crippen molar-refractivity contribution >= 4 is 21.6 Å². The predicted molar refractivity (Wildman–Crippen MR) is 121 cm³/mol. The van der Waals surface area contributed by atoms with Crippen LogP contribution in [0.4, 0.5) is 5.69 Å². The molecular weight excluding hydrogens is 446 g/mol. The molecule has 1 saturated heterocycles. The number of aromatic nitrogens is 2. The largest absolute Gasteiger partial charge is 0.412 e. The van der Waals surface area contributed by atoms with Crippen molar-refractivity contribution in [1.29, 1.82) is 0 Å². The van der Waals surface area contributed by atoms with Gasteiger partial charge in [0.2, 0.25) is 15.9 Å². The van der Waals surface area contributed by atoms with Gasteiger partial charge in [-0.1, -0.05) is 12.1 Å². The number of benzene rings is 2. The van der Waals surface area contributed by atoms with Gasteiger partial charge in [0.15, 0.2) is 0 Å². The van der Waals surface area contributed by atoms with Crippen molar-refractivity contribution in [1.82, 2.24) is 19.8 Å². The van der Waals surface area contributed by atoms with Crippen molar-refractivity contribution in [2.24, 2.45) is 0 Å². The van der Waals surface area contributed by atoms with Gasteiger partial charge in [-0.15, -0.1) is 10.2 Å². The average molecular weight is 472 g/mol. The molecule has 1 N–H and O–H groups in total. The molecule has 11 heteroatoms. The Labute approximate surface area is 192 Å². The number of hydrogen-bond acceptors (Lipinski definition) is 8. The van der Waals surface area contributed by atoms with Gasteiger partial charge in [-0.2, -0.15) is 4.31 Å². The Balaban J connectivity index is 1.39. The molecular formula is C22H25N5O5S. The fraction of sp³-hybridized carbons (Fsp3) is 0.318. The van der Waals surface area contributed by atoms with E-state index in [0.717, 1.165) is 11.3 Å². The molecule has 0 radical (unpaired) electrons. The molecule has 0 aliphatic carbocycles. The second kappa shape index (κ2) is 9.69. The van der Waals surface area contributed by atoms with E-state index in [0.29, 0.717) is 38.4 Å². The summed E-state index contributed by atoms with van der Waals surface area (Å²) in [6.45, 7) is 1.73. The number of nitrogens with one attached hydrogen (secondary N) is 1. The molecule has 10 nitrogen and oxygen atoms in total. The summed E-state index contributed by atoms with van der Waals surface area (Å²) in [6.07, 6.45) is 0. The van der Waals surface area contributed by atoms with Gasteiger partial charge in [-0.3, -0.25) is 4.79 Å². The van der Waals surface area contributed by atoms with Crippen LogP contribution in [0.2, 0.25) is 0 Å². The van der Waals surface area contributed by atoms with Crippen molar-refractivity contribution in [3.8, 4) is 11.5 Å². The highest BCUT2D eigenvalue weighted by atomic mass is 32.2. The number of ether oxygens (including phenoxy) is 1. The summed E-state index contributed by atoms with van der Waals surface area (Å²) in [4.78, 5) is 14.6. The van der Waals surface area contributed by atoms with Crippen LogP contribution in [0.1, 0.15) is 16.2 Å². The quantitative estimate of drug-likeness (QED) is 0.554. The number of rotatable bonds is 7. The highest BCUT2D eigenvalue weighted by molar-refractivity contribution is 7.89. The molecule has 0 atom stereocenters. The van der Waals surface area contributed by atoms with Crippen LogP contribution in [0.3, 0.4) is 0 Å². The molecule has 33 heavy (non-hydrogen) atoms. The lowest BCUT2D eigenvalue weighted by atomic mass is 10.2. The van der Waals surface area contributed by atoms with Gasteiger partial charge < -0.3 is 19.4 Å². The third-order valence-electron chi connectivity index (χ3n) is 5.23. The summed E-state index contributed by atoms with van der Waals surface area (Å²) in [6, 6.07) is 13.9. The molecule has 0 unspecified atom stereocenters. The monoisotopic (exact) mass is 471 g/mol. The number of carbonyl (C=O) groups excluding carboxylic acids is 1. The normalized spacial score (nSPS) is 14.7. The lowest BCUT2D eigenvalue weighted by Crippen LogP contribution is -2.40. The van der Waals surface area contributed by atoms with E-state index >= 15 is 0 Å². The molecule has 1 aromatic heterocycles. The molecule has 3 aromatic rings. The first-order valence-corrected chi connectivity index (χ1v) is 11.8. The minimum atomic E-state index is -3.59. The molecule has 1 amide bonds. The highest BCUT2D eigenvalue weighted by Gasteiger charge is 2.26. The lowest BCUT2D eigenvalue weighted by molar-refractivity contribution is 0.0730. The molecule has 0 bridgehead atoms. The van der Waals surface area contributed by atoms with Crippen LogP contribution in [0.15, 0.2) is 57.8 Å². The summed E-state index contributed by atoms with van der Waals surface area (Å²) >= 11 is 0. The number of sulfonamides is 1. The van der Waals surface area contributed by atoms with Gasteiger partial charge in [-0.05, 0) is 42.0 Å². The molecule has 2 heterocycles. The SMILES string of the molecule is CN(C)c1ccc(CNC(=O)c2nnc(-c3ccc(S(=O)(=O)N4CCOCC4)cc3)o2)cc1. The number of hydrogen-bond donors (Lipinski definition) is 1. The fourth-order valence-electron chi connectivity index (χ4n) is 3.31. The number of morpholine rings is 1. The van der Waals surface area contributed by atoms with E-state index in [2.05, 4.69) is 15.5 Å². The average Bonchev–Trinajstić information content (AvgIpc) is 3.34. The summed E-state index contributed by atoms with van der Waals surface area (Å²) in [7, 11) is 0.327. The topological polar surface area (TPSA) is 118 Å². The summed E-state index contributed by atoms with van der Waals surface area (Å²) in [5.74, 6) is -0.525. The molecule has 174 valence electrons. The maximum absolute atomic E-state index is 12.7. The van der Waals surface area contributed by atoms with E-state index in [4.69, 9.17) is 9.15 Å². The minimum absolute atomic E-state index is 0.130. The second-order valence-corrected chi connectivity index (χ2v) is 9.63. The fourth-order valence-corrected chi connectivity index (χ4v) is 4.72. The first-order valence-electron chi connectivity index (χ1n) is 10.4. The van der Waals surface area contributed by atoms with Gasteiger partial charge in [0, 0.05) is 45.0 Å². The first kappa shape index (κ1) is 22.9. The number of carbonyl (C=O) groups is 1. The molecule has 1 aliphatic rings. The number of amides is 1. The van der Waals surface area contributed by atoms with Crippen LogP contribution in [0, 0.1) is 0 Å². The maximum Gasteiger partial charge on any atom is 0.309 e. The first-order chi connectivity index (χ1) is 15.8. The second-order valence-electron chi connectivity index (χ2n) is 7.70. The Kier molecular flexibility index (Phi) is 6.72. The van der Waals surface area contributed by atoms with Crippen molar-refractivity contribution in [2.45, 2.75) is 11.4 Å². The third-order valence-corrected chi connectivity index (χ3v) is 7.15. The molecule has 1 aliphatic heterocycles. The zero-order valence-corrected chi connectivity index (χ0v) is 19.2. The van der Waals surface area contributed by atoms with Gasteiger partial charge >= 0.3 is 11.8 Å². The lowest BCUT2D eigenvalue weighted by Gasteiger charge is -2.26. The molecule has 0 saturated carbocycles. The van der Waals surface area contributed by atoms with Crippen molar-refractivity contribution in [3.05, 3.63) is 60.0 Å². The van der Waals surface area contributed by atoms with E-state index in [1.807, 2.05) is 43.3 Å². The van der Waals surface area contributed by atoms with E-state index in [1.165, 1.54) is 16.4 Å². The van der Waals surface area contributed by atoms with Gasteiger partial charge in [0.1, 0.15) is 0 Å². The predicted octanol–water partition coefficient (Wildman–Crippen LogP) is 1.75. The summed E-state index contributed by atoms with van der Waals surface area (Å²) in [5.41, 5.74) is 2.52. The third kappa shape index (κ3) is 5.21. The van der Waals surface area contributed by atoms with Crippen LogP contribution in [0.5, 0.6) is 0 Å². The molecule has 0 spiro atoms. The van der Waals surface area contributed by atoms with E-state index < -0.39 is 15.9 Å².